The fourth-order valence-corrected chi connectivity index (χ4v) is 3.36. The molecule has 0 radical (unpaired) electrons. The lowest BCUT2D eigenvalue weighted by Crippen LogP contribution is -2.23. The van der Waals surface area contributed by atoms with Gasteiger partial charge in [0.25, 0.3) is 0 Å². The highest BCUT2D eigenvalue weighted by Gasteiger charge is 2.23. The molecule has 10 nitrogen and oxygen atoms in total. The number of esters is 1. The maximum absolute atomic E-state index is 12.1. The van der Waals surface area contributed by atoms with Crippen LogP contribution in [0.4, 0.5) is 0 Å². The zero-order valence-corrected chi connectivity index (χ0v) is 17.3. The average Bonchev–Trinajstić information content (AvgIpc) is 3.50. The molecule has 5 aromatic heterocycles. The van der Waals surface area contributed by atoms with Gasteiger partial charge in [0.2, 0.25) is 0 Å². The molecule has 0 aliphatic carbocycles. The Hall–Kier alpha value is -4.08. The number of carbonyl (C=O) groups is 1. The minimum atomic E-state index is -0.570. The van der Waals surface area contributed by atoms with E-state index in [1.807, 2.05) is 49.9 Å². The van der Waals surface area contributed by atoms with E-state index in [0.717, 1.165) is 27.7 Å². The quantitative estimate of drug-likeness (QED) is 0.447. The van der Waals surface area contributed by atoms with Crippen molar-refractivity contribution in [1.29, 1.82) is 0 Å². The van der Waals surface area contributed by atoms with E-state index in [9.17, 15) is 4.79 Å². The predicted octanol–water partition coefficient (Wildman–Crippen LogP) is 3.10. The Kier molecular flexibility index (Phi) is 4.28. The van der Waals surface area contributed by atoms with Crippen molar-refractivity contribution in [3.63, 3.8) is 0 Å². The molecule has 0 spiro atoms. The van der Waals surface area contributed by atoms with Gasteiger partial charge in [-0.1, -0.05) is 0 Å². The third-order valence-electron chi connectivity index (χ3n) is 4.96. The second kappa shape index (κ2) is 7.01. The Morgan fingerprint density at radius 3 is 2.58 bits per heavy atom. The minimum absolute atomic E-state index is 0.0787. The third kappa shape index (κ3) is 3.21. The second-order valence-electron chi connectivity index (χ2n) is 8.16. The predicted molar refractivity (Wildman–Crippen MR) is 113 cm³/mol. The van der Waals surface area contributed by atoms with Crippen LogP contribution in [0.3, 0.4) is 0 Å². The van der Waals surface area contributed by atoms with Gasteiger partial charge < -0.3 is 4.74 Å². The van der Waals surface area contributed by atoms with Crippen molar-refractivity contribution in [3.05, 3.63) is 49.6 Å². The van der Waals surface area contributed by atoms with Crippen LogP contribution in [0.15, 0.2) is 49.6 Å². The Morgan fingerprint density at radius 2 is 1.81 bits per heavy atom. The number of carbonyl (C=O) groups excluding carboxylic acids is 1. The van der Waals surface area contributed by atoms with Gasteiger partial charge in [0, 0.05) is 29.5 Å². The Morgan fingerprint density at radius 1 is 1.03 bits per heavy atom. The lowest BCUT2D eigenvalue weighted by atomic mass is 9.98. The molecule has 0 bridgehead atoms. The Bertz CT molecular complexity index is 1390. The molecule has 156 valence electrons. The summed E-state index contributed by atoms with van der Waals surface area (Å²) in [5.41, 5.74) is 2.48. The van der Waals surface area contributed by atoms with Gasteiger partial charge >= 0.3 is 5.97 Å². The first-order chi connectivity index (χ1) is 14.9. The van der Waals surface area contributed by atoms with Crippen LogP contribution in [-0.4, -0.2) is 45.2 Å². The van der Waals surface area contributed by atoms with Gasteiger partial charge in [0.1, 0.15) is 23.9 Å². The molecule has 0 saturated heterocycles. The van der Waals surface area contributed by atoms with Crippen LogP contribution >= 0.6 is 0 Å². The number of rotatable bonds is 4. The number of nitrogens with zero attached hydrogens (tertiary/aromatic N) is 7. The van der Waals surface area contributed by atoms with E-state index in [4.69, 9.17) is 4.74 Å². The van der Waals surface area contributed by atoms with Crippen LogP contribution in [0.1, 0.15) is 20.8 Å². The van der Waals surface area contributed by atoms with Crippen molar-refractivity contribution in [2.75, 3.05) is 0 Å². The van der Waals surface area contributed by atoms with Crippen molar-refractivity contribution in [2.24, 2.45) is 5.41 Å². The summed E-state index contributed by atoms with van der Waals surface area (Å²) in [7, 11) is 0. The van der Waals surface area contributed by atoms with E-state index in [1.54, 1.807) is 17.0 Å². The van der Waals surface area contributed by atoms with E-state index >= 15 is 0 Å². The number of aromatic nitrogens is 8. The molecule has 0 aliphatic heterocycles. The van der Waals surface area contributed by atoms with Gasteiger partial charge in [0.15, 0.2) is 12.5 Å². The standard InChI is InChI=1S/C21H20N8O2/c1-21(2,3)20(30)31-12-28-6-4-15-17(28)23-11-25-19(15)29-7-5-14-16(13-8-26-27-9-13)22-10-24-18(14)29/h4-11H,12H2,1-3H3,(H,26,27). The van der Waals surface area contributed by atoms with Crippen LogP contribution in [0.25, 0.3) is 39.1 Å². The van der Waals surface area contributed by atoms with E-state index in [0.29, 0.717) is 11.5 Å². The zero-order valence-electron chi connectivity index (χ0n) is 17.3. The van der Waals surface area contributed by atoms with E-state index < -0.39 is 5.41 Å². The molecule has 0 atom stereocenters. The number of hydrogen-bond acceptors (Lipinski definition) is 7. The lowest BCUT2D eigenvalue weighted by Gasteiger charge is -2.17. The summed E-state index contributed by atoms with van der Waals surface area (Å²) in [5, 5.41) is 8.52. The van der Waals surface area contributed by atoms with Crippen LogP contribution < -0.4 is 0 Å². The Balaban J connectivity index is 1.56. The summed E-state index contributed by atoms with van der Waals surface area (Å²) >= 11 is 0. The van der Waals surface area contributed by atoms with E-state index in [1.165, 1.54) is 12.7 Å². The maximum Gasteiger partial charge on any atom is 0.312 e. The largest absolute Gasteiger partial charge is 0.443 e. The van der Waals surface area contributed by atoms with Crippen LogP contribution in [-0.2, 0) is 16.3 Å². The number of fused-ring (bicyclic) bond motifs is 2. The summed E-state index contributed by atoms with van der Waals surface area (Å²) in [5.74, 6) is 0.404. The summed E-state index contributed by atoms with van der Waals surface area (Å²) in [6.45, 7) is 5.54. The molecular formula is C21H20N8O2. The monoisotopic (exact) mass is 416 g/mol. The average molecular weight is 416 g/mol. The Labute approximate surface area is 176 Å². The number of nitrogens with one attached hydrogen (secondary N) is 1. The van der Waals surface area contributed by atoms with E-state index in [2.05, 4.69) is 30.1 Å². The molecule has 0 aromatic carbocycles. The maximum atomic E-state index is 12.1. The fourth-order valence-electron chi connectivity index (χ4n) is 3.36. The van der Waals surface area contributed by atoms with Gasteiger partial charge in [-0.3, -0.25) is 19.0 Å². The summed E-state index contributed by atoms with van der Waals surface area (Å²) in [6, 6.07) is 3.85. The van der Waals surface area contributed by atoms with Gasteiger partial charge in [-0.15, -0.1) is 0 Å². The van der Waals surface area contributed by atoms with Crippen molar-refractivity contribution in [1.82, 2.24) is 39.3 Å². The fraction of sp³-hybridized carbons (Fsp3) is 0.238. The van der Waals surface area contributed by atoms with Crippen molar-refractivity contribution in [3.8, 4) is 17.1 Å². The summed E-state index contributed by atoms with van der Waals surface area (Å²) in [6.07, 6.45) is 10.3. The molecule has 10 heteroatoms. The van der Waals surface area contributed by atoms with Gasteiger partial charge in [-0.05, 0) is 32.9 Å². The number of aromatic amines is 1. The van der Waals surface area contributed by atoms with Crippen molar-refractivity contribution in [2.45, 2.75) is 27.5 Å². The number of H-pyrrole nitrogens is 1. The highest BCUT2D eigenvalue weighted by atomic mass is 16.5. The van der Waals surface area contributed by atoms with E-state index in [-0.39, 0.29) is 12.7 Å². The molecular weight excluding hydrogens is 396 g/mol. The topological polar surface area (TPSA) is 116 Å². The SMILES string of the molecule is CC(C)(C)C(=O)OCn1ccc2c(-n3ccc4c(-c5cn[nH]c5)ncnc43)ncnc21. The van der Waals surface area contributed by atoms with Crippen molar-refractivity contribution < 1.29 is 9.53 Å². The van der Waals surface area contributed by atoms with Crippen LogP contribution in [0.2, 0.25) is 0 Å². The summed E-state index contributed by atoms with van der Waals surface area (Å²) < 4.78 is 9.12. The molecule has 5 aromatic rings. The number of ether oxygens (including phenoxy) is 1. The van der Waals surface area contributed by atoms with Crippen molar-refractivity contribution >= 4 is 28.0 Å². The van der Waals surface area contributed by atoms with Gasteiger partial charge in [0.05, 0.1) is 22.7 Å². The molecule has 0 aliphatic rings. The smallest absolute Gasteiger partial charge is 0.312 e. The zero-order chi connectivity index (χ0) is 21.6. The van der Waals surface area contributed by atoms with Crippen LogP contribution in [0, 0.1) is 5.41 Å². The normalized spacial score (nSPS) is 12.0. The molecule has 31 heavy (non-hydrogen) atoms. The number of hydrogen-bond donors (Lipinski definition) is 1. The first-order valence-corrected chi connectivity index (χ1v) is 9.72. The van der Waals surface area contributed by atoms with Crippen LogP contribution in [0.5, 0.6) is 0 Å². The second-order valence-corrected chi connectivity index (χ2v) is 8.16. The molecule has 0 fully saturated rings. The molecule has 5 heterocycles. The molecule has 0 unspecified atom stereocenters. The molecule has 5 rings (SSSR count). The molecule has 0 saturated carbocycles. The minimum Gasteiger partial charge on any atom is -0.443 e. The summed E-state index contributed by atoms with van der Waals surface area (Å²) in [4.78, 5) is 29.9. The van der Waals surface area contributed by atoms with Gasteiger partial charge in [-0.2, -0.15) is 5.10 Å². The molecule has 0 amide bonds. The highest BCUT2D eigenvalue weighted by Crippen LogP contribution is 2.29. The van der Waals surface area contributed by atoms with Gasteiger partial charge in [-0.25, -0.2) is 19.9 Å². The highest BCUT2D eigenvalue weighted by molar-refractivity contribution is 5.93. The third-order valence-corrected chi connectivity index (χ3v) is 4.96. The first-order valence-electron chi connectivity index (χ1n) is 9.72. The molecule has 1 N–H and O–H groups in total. The lowest BCUT2D eigenvalue weighted by molar-refractivity contribution is -0.156. The first kappa shape index (κ1) is 18.9.